The molecule has 0 radical (unpaired) electrons. The van der Waals surface area contributed by atoms with Crippen molar-refractivity contribution < 1.29 is 4.42 Å². The molecule has 4 nitrogen and oxygen atoms in total. The van der Waals surface area contributed by atoms with Gasteiger partial charge >= 0.3 is 0 Å². The van der Waals surface area contributed by atoms with Crippen molar-refractivity contribution in [3.8, 4) is 11.1 Å². The van der Waals surface area contributed by atoms with Gasteiger partial charge in [0.1, 0.15) is 6.67 Å². The van der Waals surface area contributed by atoms with Crippen LogP contribution in [-0.2, 0) is 6.67 Å². The Hall–Kier alpha value is -5.22. The molecular formula is C35H25N3O. The van der Waals surface area contributed by atoms with E-state index < -0.39 is 0 Å². The first-order valence-electron chi connectivity index (χ1n) is 12.9. The minimum absolute atomic E-state index is 0.450. The summed E-state index contributed by atoms with van der Waals surface area (Å²) in [5.41, 5.74) is 7.22. The lowest BCUT2D eigenvalue weighted by atomic mass is 9.97. The molecule has 0 aliphatic carbocycles. The highest BCUT2D eigenvalue weighted by atomic mass is 16.3. The summed E-state index contributed by atoms with van der Waals surface area (Å²) < 4.78 is 7.90. The molecule has 0 saturated heterocycles. The van der Waals surface area contributed by atoms with Gasteiger partial charge in [-0.25, -0.2) is 4.99 Å². The average molecular weight is 504 g/mol. The van der Waals surface area contributed by atoms with Crippen LogP contribution in [-0.4, -0.2) is 17.0 Å². The molecule has 39 heavy (non-hydrogen) atoms. The van der Waals surface area contributed by atoms with Crippen LogP contribution in [0.25, 0.3) is 43.7 Å². The molecule has 7 rings (SSSR count). The summed E-state index contributed by atoms with van der Waals surface area (Å²) in [5.74, 6) is 0.465. The second kappa shape index (κ2) is 9.58. The molecular weight excluding hydrogens is 478 g/mol. The number of hydrogen-bond donors (Lipinski definition) is 0. The van der Waals surface area contributed by atoms with Gasteiger partial charge in [0, 0.05) is 16.3 Å². The molecule has 0 N–H and O–H groups in total. The lowest BCUT2D eigenvalue weighted by Gasteiger charge is -2.11. The first-order chi connectivity index (χ1) is 19.3. The third kappa shape index (κ3) is 4.03. The highest BCUT2D eigenvalue weighted by molar-refractivity contribution is 6.15. The van der Waals surface area contributed by atoms with Crippen molar-refractivity contribution in [1.82, 2.24) is 4.57 Å². The Morgan fingerprint density at radius 3 is 2.13 bits per heavy atom. The smallest absolute Gasteiger partial charge is 0.227 e. The van der Waals surface area contributed by atoms with Gasteiger partial charge in [-0.1, -0.05) is 91.0 Å². The minimum Gasteiger partial charge on any atom is -0.446 e. The molecule has 0 bridgehead atoms. The van der Waals surface area contributed by atoms with E-state index in [1.165, 1.54) is 21.5 Å². The number of fused-ring (bicyclic) bond motifs is 4. The average Bonchev–Trinajstić information content (AvgIpc) is 3.60. The first-order valence-corrected chi connectivity index (χ1v) is 12.9. The SMILES string of the molecule is C=Nc1occc1/C(=N\Cn1c2ccccc2c2ccccc21)c1cccc(-c2ccc3ccccc3c2)c1. The molecule has 0 unspecified atom stereocenters. The van der Waals surface area contributed by atoms with E-state index >= 15 is 0 Å². The van der Waals surface area contributed by atoms with Gasteiger partial charge in [0.15, 0.2) is 0 Å². The van der Waals surface area contributed by atoms with Gasteiger partial charge in [0.25, 0.3) is 0 Å². The Labute approximate surface area is 226 Å². The van der Waals surface area contributed by atoms with E-state index in [0.29, 0.717) is 12.6 Å². The molecule has 2 aromatic heterocycles. The quantitative estimate of drug-likeness (QED) is 0.209. The van der Waals surface area contributed by atoms with Crippen molar-refractivity contribution in [3.63, 3.8) is 0 Å². The number of benzene rings is 5. The summed E-state index contributed by atoms with van der Waals surface area (Å²) >= 11 is 0. The molecule has 7 aromatic rings. The molecule has 5 aromatic carbocycles. The fourth-order valence-corrected chi connectivity index (χ4v) is 5.45. The van der Waals surface area contributed by atoms with Crippen LogP contribution >= 0.6 is 0 Å². The van der Waals surface area contributed by atoms with Gasteiger partial charge in [-0.3, -0.25) is 4.99 Å². The maximum Gasteiger partial charge on any atom is 0.227 e. The van der Waals surface area contributed by atoms with Crippen LogP contribution in [0, 0.1) is 0 Å². The zero-order valence-electron chi connectivity index (χ0n) is 21.3. The molecule has 0 amide bonds. The van der Waals surface area contributed by atoms with E-state index in [-0.39, 0.29) is 0 Å². The molecule has 0 fully saturated rings. The van der Waals surface area contributed by atoms with Crippen molar-refractivity contribution in [3.05, 3.63) is 139 Å². The normalized spacial score (nSPS) is 11.9. The number of nitrogens with zero attached hydrogens (tertiary/aromatic N) is 3. The lowest BCUT2D eigenvalue weighted by Crippen LogP contribution is -2.06. The number of para-hydroxylation sites is 2. The summed E-state index contributed by atoms with van der Waals surface area (Å²) in [6, 6.07) is 42.4. The van der Waals surface area contributed by atoms with Gasteiger partial charge < -0.3 is 8.98 Å². The third-order valence-corrected chi connectivity index (χ3v) is 7.31. The number of furan rings is 1. The fraction of sp³-hybridized carbons (Fsp3) is 0.0286. The predicted octanol–water partition coefficient (Wildman–Crippen LogP) is 9.03. The molecule has 0 spiro atoms. The zero-order valence-corrected chi connectivity index (χ0v) is 21.3. The van der Waals surface area contributed by atoms with Crippen molar-refractivity contribution in [2.24, 2.45) is 9.98 Å². The second-order valence-electron chi connectivity index (χ2n) is 9.55. The molecule has 0 atom stereocenters. The zero-order chi connectivity index (χ0) is 26.2. The maximum atomic E-state index is 5.64. The summed E-state index contributed by atoms with van der Waals surface area (Å²) in [4.78, 5) is 9.34. The van der Waals surface area contributed by atoms with Crippen molar-refractivity contribution in [2.45, 2.75) is 6.67 Å². The standard InChI is InChI=1S/C35H25N3O/c1-36-35-31(19-20-39-35)34(37-23-38-32-15-6-4-13-29(32)30-14-5-7-16-33(30)38)28-12-8-11-26(22-28)27-18-17-24-9-2-3-10-25(24)21-27/h2-22H,1,23H2/b37-34-. The van der Waals surface area contributed by atoms with E-state index in [9.17, 15) is 0 Å². The summed E-state index contributed by atoms with van der Waals surface area (Å²) in [6.45, 7) is 4.17. The van der Waals surface area contributed by atoms with Gasteiger partial charge in [-0.15, -0.1) is 0 Å². The van der Waals surface area contributed by atoms with Crippen molar-refractivity contribution in [1.29, 1.82) is 0 Å². The van der Waals surface area contributed by atoms with Gasteiger partial charge in [0.05, 0.1) is 28.6 Å². The monoisotopic (exact) mass is 503 g/mol. The van der Waals surface area contributed by atoms with Gasteiger partial charge in [0.2, 0.25) is 5.88 Å². The third-order valence-electron chi connectivity index (χ3n) is 7.31. The van der Waals surface area contributed by atoms with Crippen molar-refractivity contribution in [2.75, 3.05) is 0 Å². The molecule has 2 heterocycles. The topological polar surface area (TPSA) is 42.8 Å². The van der Waals surface area contributed by atoms with E-state index in [1.807, 2.05) is 6.07 Å². The van der Waals surface area contributed by atoms with E-state index in [2.05, 4.69) is 132 Å². The summed E-state index contributed by atoms with van der Waals surface area (Å²) in [6.07, 6.45) is 1.64. The number of aliphatic imine (C=N–C) groups is 2. The molecule has 0 saturated carbocycles. The molecule has 0 aliphatic heterocycles. The minimum atomic E-state index is 0.450. The summed E-state index contributed by atoms with van der Waals surface area (Å²) in [7, 11) is 0. The van der Waals surface area contributed by atoms with Crippen LogP contribution in [0.5, 0.6) is 0 Å². The highest BCUT2D eigenvalue weighted by Gasteiger charge is 2.16. The van der Waals surface area contributed by atoms with E-state index in [1.54, 1.807) is 6.26 Å². The van der Waals surface area contributed by atoms with Gasteiger partial charge in [-0.05, 0) is 58.9 Å². The maximum absolute atomic E-state index is 5.64. The van der Waals surface area contributed by atoms with Crippen LogP contribution in [0.4, 0.5) is 5.88 Å². The largest absolute Gasteiger partial charge is 0.446 e. The lowest BCUT2D eigenvalue weighted by molar-refractivity contribution is 0.578. The Morgan fingerprint density at radius 2 is 1.36 bits per heavy atom. The Morgan fingerprint density at radius 1 is 0.667 bits per heavy atom. The molecule has 0 aliphatic rings. The highest BCUT2D eigenvalue weighted by Crippen LogP contribution is 2.31. The van der Waals surface area contributed by atoms with Gasteiger partial charge in [-0.2, -0.15) is 0 Å². The Balaban J connectivity index is 1.37. The van der Waals surface area contributed by atoms with Crippen LogP contribution < -0.4 is 0 Å². The Kier molecular flexibility index (Phi) is 5.64. The van der Waals surface area contributed by atoms with Crippen molar-refractivity contribution >= 4 is 50.9 Å². The van der Waals surface area contributed by atoms with Crippen LogP contribution in [0.3, 0.4) is 0 Å². The predicted molar refractivity (Wildman–Crippen MR) is 162 cm³/mol. The number of hydrogen-bond acceptors (Lipinski definition) is 3. The van der Waals surface area contributed by atoms with Crippen LogP contribution in [0.1, 0.15) is 11.1 Å². The molecule has 186 valence electrons. The summed E-state index contributed by atoms with van der Waals surface area (Å²) in [5, 5.41) is 4.89. The van der Waals surface area contributed by atoms with Crippen LogP contribution in [0.2, 0.25) is 0 Å². The van der Waals surface area contributed by atoms with E-state index in [0.717, 1.165) is 39.0 Å². The Bertz CT molecular complexity index is 1970. The number of aromatic nitrogens is 1. The first kappa shape index (κ1) is 22.9. The van der Waals surface area contributed by atoms with Crippen LogP contribution in [0.15, 0.2) is 142 Å². The number of rotatable bonds is 6. The fourth-order valence-electron chi connectivity index (χ4n) is 5.45. The second-order valence-corrected chi connectivity index (χ2v) is 9.55. The molecule has 4 heteroatoms. The van der Waals surface area contributed by atoms with E-state index in [4.69, 9.17) is 9.41 Å².